The van der Waals surface area contributed by atoms with E-state index in [1.54, 1.807) is 0 Å². The van der Waals surface area contributed by atoms with Crippen LogP contribution in [0.1, 0.15) is 47.5 Å². The Hall–Kier alpha value is -1.30. The second-order valence-electron chi connectivity index (χ2n) is 7.08. The van der Waals surface area contributed by atoms with Crippen molar-refractivity contribution in [1.82, 2.24) is 0 Å². The molecule has 0 aromatic carbocycles. The fourth-order valence-corrected chi connectivity index (χ4v) is 2.84. The van der Waals surface area contributed by atoms with Gasteiger partial charge in [0.05, 0.1) is 0 Å². The third-order valence-corrected chi connectivity index (χ3v) is 4.37. The summed E-state index contributed by atoms with van der Waals surface area (Å²) in [6.45, 7) is 11.5. The molecular weight excluding hydrogens is 240 g/mol. The van der Waals surface area contributed by atoms with E-state index in [0.717, 1.165) is 12.8 Å². The van der Waals surface area contributed by atoms with Gasteiger partial charge in [0.2, 0.25) is 0 Å². The molecule has 0 spiro atoms. The second-order valence-corrected chi connectivity index (χ2v) is 7.08. The summed E-state index contributed by atoms with van der Waals surface area (Å²) in [5.74, 6) is 1.22. The second kappa shape index (κ2) is 5.99. The van der Waals surface area contributed by atoms with Crippen molar-refractivity contribution in [2.24, 2.45) is 17.3 Å². The van der Waals surface area contributed by atoms with E-state index in [9.17, 15) is 0 Å². The molecule has 20 heavy (non-hydrogen) atoms. The molecule has 0 heteroatoms. The van der Waals surface area contributed by atoms with Crippen molar-refractivity contribution in [1.29, 1.82) is 0 Å². The molecule has 0 aliphatic heterocycles. The Labute approximate surface area is 124 Å². The van der Waals surface area contributed by atoms with Crippen molar-refractivity contribution in [3.8, 4) is 0 Å². The number of rotatable bonds is 1. The van der Waals surface area contributed by atoms with Gasteiger partial charge in [-0.15, -0.1) is 0 Å². The molecule has 1 atom stereocenters. The van der Waals surface area contributed by atoms with Crippen LogP contribution in [0.15, 0.2) is 59.3 Å². The zero-order chi connectivity index (χ0) is 14.8. The highest BCUT2D eigenvalue weighted by atomic mass is 14.2. The van der Waals surface area contributed by atoms with Crippen LogP contribution in [0.25, 0.3) is 0 Å². The summed E-state index contributed by atoms with van der Waals surface area (Å²) in [4.78, 5) is 0. The van der Waals surface area contributed by atoms with Crippen LogP contribution in [-0.4, -0.2) is 0 Å². The van der Waals surface area contributed by atoms with Crippen LogP contribution in [-0.2, 0) is 0 Å². The molecule has 1 unspecified atom stereocenters. The highest BCUT2D eigenvalue weighted by molar-refractivity contribution is 5.47. The molecule has 0 fully saturated rings. The summed E-state index contributed by atoms with van der Waals surface area (Å²) in [5, 5.41) is 0. The first-order chi connectivity index (χ1) is 9.39. The minimum atomic E-state index is 0.146. The smallest absolute Gasteiger partial charge is 0.000773 e. The van der Waals surface area contributed by atoms with E-state index in [2.05, 4.69) is 77.2 Å². The zero-order valence-electron chi connectivity index (χ0n) is 13.6. The van der Waals surface area contributed by atoms with Crippen LogP contribution in [0.3, 0.4) is 0 Å². The van der Waals surface area contributed by atoms with Gasteiger partial charge in [0, 0.05) is 5.41 Å². The van der Waals surface area contributed by atoms with E-state index in [-0.39, 0.29) is 5.41 Å². The zero-order valence-corrected chi connectivity index (χ0v) is 13.6. The topological polar surface area (TPSA) is 0 Å². The molecule has 2 aliphatic rings. The molecule has 0 saturated heterocycles. The molecule has 0 radical (unpaired) electrons. The minimum absolute atomic E-state index is 0.146. The van der Waals surface area contributed by atoms with Gasteiger partial charge in [-0.05, 0) is 35.8 Å². The van der Waals surface area contributed by atoms with Gasteiger partial charge in [0.15, 0.2) is 0 Å². The molecule has 0 heterocycles. The lowest BCUT2D eigenvalue weighted by atomic mass is 9.90. The van der Waals surface area contributed by atoms with Crippen molar-refractivity contribution in [2.75, 3.05) is 0 Å². The monoisotopic (exact) mass is 268 g/mol. The summed E-state index contributed by atoms with van der Waals surface area (Å²) >= 11 is 0. The van der Waals surface area contributed by atoms with Crippen LogP contribution in [0.2, 0.25) is 0 Å². The first kappa shape index (κ1) is 15.1. The van der Waals surface area contributed by atoms with Gasteiger partial charge >= 0.3 is 0 Å². The number of hydrogen-bond acceptors (Lipinski definition) is 0. The quantitative estimate of drug-likeness (QED) is 0.511. The van der Waals surface area contributed by atoms with Crippen LogP contribution >= 0.6 is 0 Å². The number of hydrogen-bond donors (Lipinski definition) is 0. The number of fused-ring (bicyclic) bond motifs is 1. The highest BCUT2D eigenvalue weighted by Crippen LogP contribution is 2.33. The Morgan fingerprint density at radius 1 is 1.15 bits per heavy atom. The SMILES string of the molecule is CC(C)C1=CC=C2C=CC(C)(C)C=CCC(C)C2=CC1. The summed E-state index contributed by atoms with van der Waals surface area (Å²) < 4.78 is 0. The predicted molar refractivity (Wildman–Crippen MR) is 89.5 cm³/mol. The van der Waals surface area contributed by atoms with E-state index in [1.165, 1.54) is 16.7 Å². The summed E-state index contributed by atoms with van der Waals surface area (Å²) in [6, 6.07) is 0. The first-order valence-corrected chi connectivity index (χ1v) is 7.87. The van der Waals surface area contributed by atoms with Gasteiger partial charge in [-0.2, -0.15) is 0 Å². The van der Waals surface area contributed by atoms with Gasteiger partial charge < -0.3 is 0 Å². The molecule has 2 rings (SSSR count). The molecule has 0 N–H and O–H groups in total. The van der Waals surface area contributed by atoms with Crippen LogP contribution in [0.5, 0.6) is 0 Å². The maximum Gasteiger partial charge on any atom is 0.000773 e. The first-order valence-electron chi connectivity index (χ1n) is 7.87. The Balaban J connectivity index is 2.42. The van der Waals surface area contributed by atoms with E-state index in [1.807, 2.05) is 0 Å². The van der Waals surface area contributed by atoms with E-state index < -0.39 is 0 Å². The maximum absolute atomic E-state index is 2.45. The largest absolute Gasteiger partial charge is 0.0871 e. The predicted octanol–water partition coefficient (Wildman–Crippen LogP) is 6.00. The fraction of sp³-hybridized carbons (Fsp3) is 0.500. The van der Waals surface area contributed by atoms with Crippen molar-refractivity contribution in [3.05, 3.63) is 59.3 Å². The molecule has 0 saturated carbocycles. The molecule has 0 aromatic heterocycles. The van der Waals surface area contributed by atoms with E-state index in [0.29, 0.717) is 11.8 Å². The fourth-order valence-electron chi connectivity index (χ4n) is 2.84. The highest BCUT2D eigenvalue weighted by Gasteiger charge is 2.17. The third kappa shape index (κ3) is 3.62. The van der Waals surface area contributed by atoms with Crippen molar-refractivity contribution < 1.29 is 0 Å². The Morgan fingerprint density at radius 2 is 1.90 bits per heavy atom. The van der Waals surface area contributed by atoms with Gasteiger partial charge in [0.1, 0.15) is 0 Å². The van der Waals surface area contributed by atoms with Crippen molar-refractivity contribution >= 4 is 0 Å². The van der Waals surface area contributed by atoms with Crippen molar-refractivity contribution in [3.63, 3.8) is 0 Å². The third-order valence-electron chi connectivity index (χ3n) is 4.37. The molecule has 0 nitrogen and oxygen atoms in total. The maximum atomic E-state index is 2.45. The van der Waals surface area contributed by atoms with Crippen LogP contribution in [0.4, 0.5) is 0 Å². The standard InChI is InChI=1S/C20H28/c1-15(2)17-8-9-18-12-14-20(4,5)13-6-7-16(3)19(18)11-10-17/h6,8-9,11-16H,7,10H2,1-5H3. The van der Waals surface area contributed by atoms with E-state index >= 15 is 0 Å². The Morgan fingerprint density at radius 3 is 2.60 bits per heavy atom. The molecule has 0 bridgehead atoms. The molecule has 0 aromatic rings. The molecular formula is C20H28. The van der Waals surface area contributed by atoms with Crippen molar-refractivity contribution in [2.45, 2.75) is 47.5 Å². The normalized spacial score (nSPS) is 25.7. The van der Waals surface area contributed by atoms with Crippen LogP contribution < -0.4 is 0 Å². The summed E-state index contributed by atoms with van der Waals surface area (Å²) in [6.07, 6.45) is 18.7. The van der Waals surface area contributed by atoms with E-state index in [4.69, 9.17) is 0 Å². The van der Waals surface area contributed by atoms with Gasteiger partial charge in [-0.3, -0.25) is 0 Å². The summed E-state index contributed by atoms with van der Waals surface area (Å²) in [5.41, 5.74) is 4.58. The lowest BCUT2D eigenvalue weighted by Crippen LogP contribution is -2.01. The van der Waals surface area contributed by atoms with Gasteiger partial charge in [0.25, 0.3) is 0 Å². The average Bonchev–Trinajstić information content (AvgIpc) is 2.55. The average molecular weight is 268 g/mol. The molecule has 2 aliphatic carbocycles. The lowest BCUT2D eigenvalue weighted by Gasteiger charge is -2.15. The van der Waals surface area contributed by atoms with Gasteiger partial charge in [-0.25, -0.2) is 0 Å². The minimum Gasteiger partial charge on any atom is -0.0871 e. The lowest BCUT2D eigenvalue weighted by molar-refractivity contribution is 0.619. The summed E-state index contributed by atoms with van der Waals surface area (Å²) in [7, 11) is 0. The number of allylic oxidation sites excluding steroid dienone is 10. The Bertz CT molecular complexity index is 504. The van der Waals surface area contributed by atoms with Gasteiger partial charge in [-0.1, -0.05) is 82.7 Å². The Kier molecular flexibility index (Phi) is 4.52. The molecule has 108 valence electrons. The van der Waals surface area contributed by atoms with Crippen LogP contribution in [0, 0.1) is 17.3 Å². The molecule has 0 amide bonds.